The molecule has 6 heteroatoms. The lowest BCUT2D eigenvalue weighted by molar-refractivity contribution is -0.144. The van der Waals surface area contributed by atoms with Crippen molar-refractivity contribution in [3.63, 3.8) is 0 Å². The van der Waals surface area contributed by atoms with Gasteiger partial charge in [0.2, 0.25) is 5.91 Å². The van der Waals surface area contributed by atoms with Crippen molar-refractivity contribution in [2.24, 2.45) is 18.9 Å². The highest BCUT2D eigenvalue weighted by Crippen LogP contribution is 2.32. The zero-order valence-corrected chi connectivity index (χ0v) is 12.9. The van der Waals surface area contributed by atoms with Crippen LogP contribution in [0.25, 0.3) is 0 Å². The van der Waals surface area contributed by atoms with Crippen molar-refractivity contribution >= 4 is 11.9 Å². The van der Waals surface area contributed by atoms with Crippen LogP contribution in [0.2, 0.25) is 0 Å². The molecule has 0 spiro atoms. The number of amides is 1. The summed E-state index contributed by atoms with van der Waals surface area (Å²) in [7, 11) is 1.94. The van der Waals surface area contributed by atoms with E-state index in [9.17, 15) is 9.59 Å². The van der Waals surface area contributed by atoms with Crippen molar-refractivity contribution in [1.29, 1.82) is 0 Å². The van der Waals surface area contributed by atoms with Crippen LogP contribution in [0, 0.1) is 11.8 Å². The zero-order chi connectivity index (χ0) is 15.7. The molecule has 1 atom stereocenters. The summed E-state index contributed by atoms with van der Waals surface area (Å²) in [5.41, 5.74) is 2.35. The Labute approximate surface area is 129 Å². The number of carboxylic acid groups (broad SMARTS) is 1. The molecule has 0 radical (unpaired) electrons. The summed E-state index contributed by atoms with van der Waals surface area (Å²) < 4.78 is 1.89. The number of carboxylic acids is 1. The fraction of sp³-hybridized carbons (Fsp3) is 0.688. The van der Waals surface area contributed by atoms with Crippen molar-refractivity contribution in [1.82, 2.24) is 15.1 Å². The minimum absolute atomic E-state index is 0.0438. The van der Waals surface area contributed by atoms with Gasteiger partial charge in [0.25, 0.3) is 0 Å². The lowest BCUT2D eigenvalue weighted by Gasteiger charge is -2.29. The lowest BCUT2D eigenvalue weighted by atomic mass is 9.81. The molecule has 120 valence electrons. The van der Waals surface area contributed by atoms with Gasteiger partial charge in [-0.2, -0.15) is 5.10 Å². The van der Waals surface area contributed by atoms with Crippen molar-refractivity contribution in [3.05, 3.63) is 17.5 Å². The van der Waals surface area contributed by atoms with Crippen LogP contribution >= 0.6 is 0 Å². The molecular formula is C16H23N3O3. The first kappa shape index (κ1) is 15.1. The van der Waals surface area contributed by atoms with Gasteiger partial charge in [-0.15, -0.1) is 0 Å². The van der Waals surface area contributed by atoms with E-state index in [2.05, 4.69) is 10.4 Å². The summed E-state index contributed by atoms with van der Waals surface area (Å²) in [6.45, 7) is 0. The quantitative estimate of drug-likeness (QED) is 0.892. The Morgan fingerprint density at radius 3 is 2.59 bits per heavy atom. The van der Waals surface area contributed by atoms with E-state index in [1.807, 2.05) is 17.9 Å². The second-order valence-corrected chi connectivity index (χ2v) is 6.51. The van der Waals surface area contributed by atoms with Gasteiger partial charge < -0.3 is 10.4 Å². The largest absolute Gasteiger partial charge is 0.481 e. The number of carbonyl (C=O) groups excluding carboxylic acids is 1. The van der Waals surface area contributed by atoms with Crippen LogP contribution in [0.1, 0.15) is 55.8 Å². The number of rotatable bonds is 3. The molecule has 1 heterocycles. The Bertz CT molecular complexity index is 573. The first-order chi connectivity index (χ1) is 10.6. The van der Waals surface area contributed by atoms with Gasteiger partial charge in [-0.25, -0.2) is 0 Å². The molecule has 0 aliphatic heterocycles. The minimum atomic E-state index is -0.730. The number of aliphatic carboxylic acids is 1. The summed E-state index contributed by atoms with van der Waals surface area (Å²) in [5, 5.41) is 16.5. The van der Waals surface area contributed by atoms with Crippen LogP contribution in [-0.2, 0) is 23.1 Å². The third-order valence-electron chi connectivity index (χ3n) is 5.14. The summed E-state index contributed by atoms with van der Waals surface area (Å²) in [6, 6.07) is 0.0575. The van der Waals surface area contributed by atoms with Gasteiger partial charge in [0, 0.05) is 24.2 Å². The first-order valence-electron chi connectivity index (χ1n) is 8.10. The van der Waals surface area contributed by atoms with Crippen LogP contribution in [0.5, 0.6) is 0 Å². The molecule has 1 unspecified atom stereocenters. The van der Waals surface area contributed by atoms with Crippen molar-refractivity contribution in [2.75, 3.05) is 0 Å². The topological polar surface area (TPSA) is 84.2 Å². The maximum absolute atomic E-state index is 12.5. The molecule has 0 bridgehead atoms. The van der Waals surface area contributed by atoms with E-state index < -0.39 is 5.97 Å². The summed E-state index contributed by atoms with van der Waals surface area (Å²) in [4.78, 5) is 23.5. The second kappa shape index (κ2) is 6.10. The Morgan fingerprint density at radius 2 is 1.91 bits per heavy atom. The van der Waals surface area contributed by atoms with E-state index >= 15 is 0 Å². The number of fused-ring (bicyclic) bond motifs is 1. The molecule has 1 aromatic heterocycles. The number of hydrogen-bond donors (Lipinski definition) is 2. The highest BCUT2D eigenvalue weighted by Gasteiger charge is 2.32. The van der Waals surface area contributed by atoms with E-state index in [0.29, 0.717) is 25.7 Å². The molecule has 1 fully saturated rings. The predicted octanol–water partition coefficient (Wildman–Crippen LogP) is 1.80. The van der Waals surface area contributed by atoms with Gasteiger partial charge in [0.05, 0.1) is 18.2 Å². The van der Waals surface area contributed by atoms with Crippen molar-refractivity contribution < 1.29 is 14.7 Å². The third-order valence-corrected chi connectivity index (χ3v) is 5.14. The smallest absolute Gasteiger partial charge is 0.306 e. The molecule has 2 N–H and O–H groups in total. The molecule has 2 aliphatic rings. The standard InChI is InChI=1S/C16H23N3O3/c1-19-14-4-2-3-13(12(14)9-17-19)18-15(20)10-5-7-11(8-6-10)16(21)22/h9-11,13H,2-8H2,1H3,(H,18,20)(H,21,22). The average Bonchev–Trinajstić information content (AvgIpc) is 2.90. The van der Waals surface area contributed by atoms with Crippen LogP contribution < -0.4 is 5.32 Å². The Balaban J connectivity index is 1.60. The lowest BCUT2D eigenvalue weighted by Crippen LogP contribution is -2.37. The Morgan fingerprint density at radius 1 is 1.23 bits per heavy atom. The number of aryl methyl sites for hydroxylation is 1. The third kappa shape index (κ3) is 2.87. The van der Waals surface area contributed by atoms with E-state index in [1.54, 1.807) is 0 Å². The normalized spacial score (nSPS) is 28.0. The molecule has 3 rings (SSSR count). The SMILES string of the molecule is Cn1ncc2c1CCCC2NC(=O)C1CCC(C(=O)O)CC1. The first-order valence-corrected chi connectivity index (χ1v) is 8.10. The highest BCUT2D eigenvalue weighted by atomic mass is 16.4. The summed E-state index contributed by atoms with van der Waals surface area (Å²) in [6.07, 6.45) is 7.46. The molecule has 1 aromatic rings. The monoisotopic (exact) mass is 305 g/mol. The van der Waals surface area contributed by atoms with Crippen LogP contribution in [0.4, 0.5) is 0 Å². The predicted molar refractivity (Wildman–Crippen MR) is 80.1 cm³/mol. The van der Waals surface area contributed by atoms with Crippen molar-refractivity contribution in [2.45, 2.75) is 51.0 Å². The fourth-order valence-corrected chi connectivity index (χ4v) is 3.75. The second-order valence-electron chi connectivity index (χ2n) is 6.51. The minimum Gasteiger partial charge on any atom is -0.481 e. The number of hydrogen-bond acceptors (Lipinski definition) is 3. The van der Waals surface area contributed by atoms with Gasteiger partial charge in [0.15, 0.2) is 0 Å². The van der Waals surface area contributed by atoms with Crippen LogP contribution in [-0.4, -0.2) is 26.8 Å². The average molecular weight is 305 g/mol. The molecule has 1 saturated carbocycles. The summed E-state index contributed by atoms with van der Waals surface area (Å²) in [5.74, 6) is -0.974. The van der Waals surface area contributed by atoms with Gasteiger partial charge in [-0.1, -0.05) is 0 Å². The molecule has 0 saturated heterocycles. The van der Waals surface area contributed by atoms with E-state index in [0.717, 1.165) is 24.8 Å². The zero-order valence-electron chi connectivity index (χ0n) is 12.9. The van der Waals surface area contributed by atoms with Gasteiger partial charge in [-0.05, 0) is 44.9 Å². The number of aromatic nitrogens is 2. The van der Waals surface area contributed by atoms with Crippen LogP contribution in [0.15, 0.2) is 6.20 Å². The molecule has 1 amide bonds. The van der Waals surface area contributed by atoms with E-state index in [1.165, 1.54) is 5.69 Å². The maximum Gasteiger partial charge on any atom is 0.306 e. The van der Waals surface area contributed by atoms with E-state index in [4.69, 9.17) is 5.11 Å². The molecule has 2 aliphatic carbocycles. The molecule has 6 nitrogen and oxygen atoms in total. The maximum atomic E-state index is 12.5. The number of nitrogens with zero attached hydrogens (tertiary/aromatic N) is 2. The molecule has 22 heavy (non-hydrogen) atoms. The number of nitrogens with one attached hydrogen (secondary N) is 1. The summed E-state index contributed by atoms with van der Waals surface area (Å²) >= 11 is 0. The molecule has 0 aromatic carbocycles. The molecular weight excluding hydrogens is 282 g/mol. The highest BCUT2D eigenvalue weighted by molar-refractivity contribution is 5.79. The number of carbonyl (C=O) groups is 2. The fourth-order valence-electron chi connectivity index (χ4n) is 3.75. The Hall–Kier alpha value is -1.85. The van der Waals surface area contributed by atoms with Crippen LogP contribution in [0.3, 0.4) is 0 Å². The van der Waals surface area contributed by atoms with E-state index in [-0.39, 0.29) is 23.8 Å². The van der Waals surface area contributed by atoms with Gasteiger partial charge in [0.1, 0.15) is 0 Å². The van der Waals surface area contributed by atoms with Gasteiger partial charge in [-0.3, -0.25) is 14.3 Å². The van der Waals surface area contributed by atoms with Crippen molar-refractivity contribution in [3.8, 4) is 0 Å². The Kier molecular flexibility index (Phi) is 4.18. The van der Waals surface area contributed by atoms with Gasteiger partial charge >= 0.3 is 5.97 Å².